The fourth-order valence-electron chi connectivity index (χ4n) is 1.36. The molecule has 0 aliphatic heterocycles. The molecular weight excluding hydrogens is 329 g/mol. The lowest BCUT2D eigenvalue weighted by Gasteiger charge is -2.07. The van der Waals surface area contributed by atoms with Crippen LogP contribution in [0.5, 0.6) is 0 Å². The first-order valence-corrected chi connectivity index (χ1v) is 6.27. The van der Waals surface area contributed by atoms with E-state index in [0.717, 1.165) is 0 Å². The normalized spacial score (nSPS) is 13.4. The van der Waals surface area contributed by atoms with Gasteiger partial charge in [0.1, 0.15) is 6.54 Å². The highest BCUT2D eigenvalue weighted by Gasteiger charge is 2.39. The van der Waals surface area contributed by atoms with Gasteiger partial charge in [-0.25, -0.2) is 4.21 Å². The zero-order valence-corrected chi connectivity index (χ0v) is 11.1. The van der Waals surface area contributed by atoms with Crippen molar-refractivity contribution < 1.29 is 36.0 Å². The maximum atomic E-state index is 12.6. The number of nitrogens with zero attached hydrogens (tertiary/aromatic N) is 2. The molecule has 20 heavy (non-hydrogen) atoms. The number of carboxylic acids is 1. The summed E-state index contributed by atoms with van der Waals surface area (Å²) in [5, 5.41) is 10.9. The highest BCUT2D eigenvalue weighted by molar-refractivity contribution is 7.74. The van der Waals surface area contributed by atoms with Crippen LogP contribution in [0.1, 0.15) is 11.4 Å². The minimum absolute atomic E-state index is 0.271. The number of alkyl halides is 3. The van der Waals surface area contributed by atoms with Gasteiger partial charge in [0.15, 0.2) is 5.69 Å². The molecule has 0 bridgehead atoms. The monoisotopic (exact) mass is 335 g/mol. The van der Waals surface area contributed by atoms with Crippen molar-refractivity contribution in [3.05, 3.63) is 16.4 Å². The first-order chi connectivity index (χ1) is 9.12. The van der Waals surface area contributed by atoms with Crippen molar-refractivity contribution in [1.29, 1.82) is 0 Å². The summed E-state index contributed by atoms with van der Waals surface area (Å²) >= 11 is 2.67. The quantitative estimate of drug-likeness (QED) is 0.777. The van der Waals surface area contributed by atoms with Gasteiger partial charge in [-0.3, -0.25) is 9.48 Å². The van der Waals surface area contributed by atoms with Crippen LogP contribution in [0.15, 0.2) is 0 Å². The minimum Gasteiger partial charge on any atom is -0.750 e. The van der Waals surface area contributed by atoms with Gasteiger partial charge >= 0.3 is 12.1 Å². The van der Waals surface area contributed by atoms with Crippen molar-refractivity contribution in [2.45, 2.75) is 19.1 Å². The van der Waals surface area contributed by atoms with E-state index in [4.69, 9.17) is 16.7 Å². The molecule has 1 atom stereocenters. The van der Waals surface area contributed by atoms with Crippen LogP contribution in [0.4, 0.5) is 13.2 Å². The molecule has 0 aliphatic carbocycles. The minimum atomic E-state index is -4.85. The van der Waals surface area contributed by atoms with Crippen molar-refractivity contribution in [2.24, 2.45) is 0 Å². The van der Waals surface area contributed by atoms with Gasteiger partial charge in [-0.2, -0.15) is 18.3 Å². The molecule has 0 aliphatic rings. The van der Waals surface area contributed by atoms with Crippen molar-refractivity contribution in [1.82, 2.24) is 9.78 Å². The molecule has 1 aromatic rings. The Balaban J connectivity index is 3.07. The Kier molecular flexibility index (Phi) is 5.50. The summed E-state index contributed by atoms with van der Waals surface area (Å²) in [4.78, 5) is 10.6. The number of carbonyl (C=O) groups is 1. The molecular formula is C8H7ClF3N2O5S-. The maximum Gasteiger partial charge on any atom is 0.436 e. The van der Waals surface area contributed by atoms with E-state index in [9.17, 15) is 26.7 Å². The first kappa shape index (κ1) is 16.9. The van der Waals surface area contributed by atoms with Gasteiger partial charge in [0.2, 0.25) is 0 Å². The number of hydrogen-bond donors (Lipinski definition) is 1. The van der Waals surface area contributed by atoms with Crippen molar-refractivity contribution in [2.75, 3.05) is 6.61 Å². The standard InChI is InChI=1S/C8H8ClF3N2O5S/c9-6-4(1-2-19-20(17)18)14(3-5(15)16)13-7(6)8(10,11)12/h1-3H2,(H,15,16)(H,17,18)/p-1. The number of hydrogen-bond acceptors (Lipinski definition) is 5. The topological polar surface area (TPSA) is 104 Å². The van der Waals surface area contributed by atoms with Crippen LogP contribution >= 0.6 is 11.6 Å². The second kappa shape index (κ2) is 6.52. The summed E-state index contributed by atoms with van der Waals surface area (Å²) in [5.41, 5.74) is -1.70. The Labute approximate surface area is 117 Å². The third-order valence-electron chi connectivity index (χ3n) is 2.07. The summed E-state index contributed by atoms with van der Waals surface area (Å²) in [7, 11) is 0. The fraction of sp³-hybridized carbons (Fsp3) is 0.500. The number of aromatic nitrogens is 2. The third-order valence-corrected chi connectivity index (χ3v) is 2.82. The number of halogens is 4. The van der Waals surface area contributed by atoms with Gasteiger partial charge in [0.05, 0.1) is 28.7 Å². The van der Waals surface area contributed by atoms with E-state index in [1.807, 2.05) is 0 Å². The molecule has 1 N–H and O–H groups in total. The highest BCUT2D eigenvalue weighted by atomic mass is 35.5. The SMILES string of the molecule is O=C(O)Cn1nc(C(F)(F)F)c(Cl)c1CCOS(=O)[O-]. The predicted molar refractivity (Wildman–Crippen MR) is 58.5 cm³/mol. The Morgan fingerprint density at radius 1 is 1.55 bits per heavy atom. The van der Waals surface area contributed by atoms with Crippen LogP contribution in [-0.2, 0) is 39.5 Å². The van der Waals surface area contributed by atoms with E-state index in [-0.39, 0.29) is 12.1 Å². The average Bonchev–Trinajstić information content (AvgIpc) is 2.55. The van der Waals surface area contributed by atoms with Crippen molar-refractivity contribution in [3.8, 4) is 0 Å². The van der Waals surface area contributed by atoms with E-state index in [2.05, 4.69) is 9.28 Å². The van der Waals surface area contributed by atoms with Crippen molar-refractivity contribution in [3.63, 3.8) is 0 Å². The van der Waals surface area contributed by atoms with Gasteiger partial charge in [-0.1, -0.05) is 11.6 Å². The highest BCUT2D eigenvalue weighted by Crippen LogP contribution is 2.35. The molecule has 1 heterocycles. The fourth-order valence-corrected chi connectivity index (χ4v) is 1.92. The number of rotatable bonds is 6. The van der Waals surface area contributed by atoms with Gasteiger partial charge < -0.3 is 13.8 Å². The molecule has 0 spiro atoms. The van der Waals surface area contributed by atoms with E-state index in [1.54, 1.807) is 0 Å². The second-order valence-corrected chi connectivity index (χ2v) is 4.46. The van der Waals surface area contributed by atoms with E-state index < -0.39 is 47.4 Å². The molecule has 114 valence electrons. The van der Waals surface area contributed by atoms with Gasteiger partial charge in [0.25, 0.3) is 0 Å². The lowest BCUT2D eigenvalue weighted by Crippen LogP contribution is -2.15. The zero-order chi connectivity index (χ0) is 15.5. The lowest BCUT2D eigenvalue weighted by atomic mass is 10.3. The number of carboxylic acid groups (broad SMARTS) is 1. The van der Waals surface area contributed by atoms with Crippen LogP contribution in [0.2, 0.25) is 5.02 Å². The molecule has 1 unspecified atom stereocenters. The Bertz CT molecular complexity index is 533. The molecule has 1 aromatic heterocycles. The Morgan fingerprint density at radius 2 is 2.15 bits per heavy atom. The predicted octanol–water partition coefficient (Wildman–Crippen LogP) is 0.993. The molecule has 0 fully saturated rings. The molecule has 0 saturated heterocycles. The summed E-state index contributed by atoms with van der Waals surface area (Å²) in [6.07, 6.45) is -5.19. The molecule has 0 amide bonds. The molecule has 0 aromatic carbocycles. The second-order valence-electron chi connectivity index (χ2n) is 3.43. The molecule has 1 rings (SSSR count). The van der Waals surface area contributed by atoms with E-state index >= 15 is 0 Å². The third kappa shape index (κ3) is 4.44. The summed E-state index contributed by atoms with van der Waals surface area (Å²) in [6.45, 7) is -1.33. The summed E-state index contributed by atoms with van der Waals surface area (Å²) < 4.78 is 62.8. The molecule has 0 radical (unpaired) electrons. The summed E-state index contributed by atoms with van der Waals surface area (Å²) in [5.74, 6) is -1.42. The Hall–Kier alpha value is -1.17. The van der Waals surface area contributed by atoms with Crippen LogP contribution in [0.3, 0.4) is 0 Å². The van der Waals surface area contributed by atoms with Crippen LogP contribution in [-0.4, -0.2) is 36.2 Å². The molecule has 12 heteroatoms. The van der Waals surface area contributed by atoms with E-state index in [0.29, 0.717) is 4.68 Å². The number of aliphatic carboxylic acids is 1. The zero-order valence-electron chi connectivity index (χ0n) is 9.52. The van der Waals surface area contributed by atoms with Gasteiger partial charge in [-0.05, 0) is 0 Å². The molecule has 0 saturated carbocycles. The first-order valence-electron chi connectivity index (χ1n) is 4.89. The smallest absolute Gasteiger partial charge is 0.436 e. The van der Waals surface area contributed by atoms with Crippen LogP contribution < -0.4 is 0 Å². The Morgan fingerprint density at radius 3 is 2.60 bits per heavy atom. The van der Waals surface area contributed by atoms with E-state index in [1.165, 1.54) is 0 Å². The van der Waals surface area contributed by atoms with Crippen LogP contribution in [0, 0.1) is 0 Å². The lowest BCUT2D eigenvalue weighted by molar-refractivity contribution is -0.143. The van der Waals surface area contributed by atoms with Crippen LogP contribution in [0.25, 0.3) is 0 Å². The van der Waals surface area contributed by atoms with Gasteiger partial charge in [0, 0.05) is 6.42 Å². The largest absolute Gasteiger partial charge is 0.750 e. The average molecular weight is 336 g/mol. The van der Waals surface area contributed by atoms with Gasteiger partial charge in [-0.15, -0.1) is 0 Å². The summed E-state index contributed by atoms with van der Waals surface area (Å²) in [6, 6.07) is 0. The molecule has 7 nitrogen and oxygen atoms in total. The maximum absolute atomic E-state index is 12.6. The van der Waals surface area contributed by atoms with Crippen molar-refractivity contribution >= 4 is 28.9 Å².